The Labute approximate surface area is 111 Å². The summed E-state index contributed by atoms with van der Waals surface area (Å²) in [5, 5.41) is 2.08. The minimum absolute atomic E-state index is 0.159. The van der Waals surface area contributed by atoms with Crippen molar-refractivity contribution in [1.29, 1.82) is 0 Å². The van der Waals surface area contributed by atoms with Crippen molar-refractivity contribution in [3.63, 3.8) is 0 Å². The van der Waals surface area contributed by atoms with Crippen LogP contribution in [-0.4, -0.2) is 17.4 Å². The number of hydrogen-bond donors (Lipinski definition) is 0. The van der Waals surface area contributed by atoms with E-state index < -0.39 is 0 Å². The number of likely N-dealkylation sites (tertiary alicyclic amines) is 1. The third kappa shape index (κ3) is 2.06. The van der Waals surface area contributed by atoms with E-state index in [0.717, 1.165) is 24.9 Å². The Hall–Kier alpha value is -1.61. The van der Waals surface area contributed by atoms with Gasteiger partial charge in [0.05, 0.1) is 6.04 Å². The molecule has 2 heterocycles. The van der Waals surface area contributed by atoms with Gasteiger partial charge in [-0.2, -0.15) is 0 Å². The lowest BCUT2D eigenvalue weighted by atomic mass is 10.1. The van der Waals surface area contributed by atoms with Gasteiger partial charge in [-0.15, -0.1) is 11.3 Å². The van der Waals surface area contributed by atoms with Gasteiger partial charge in [0.2, 0.25) is 0 Å². The zero-order chi connectivity index (χ0) is 12.4. The van der Waals surface area contributed by atoms with Crippen LogP contribution in [-0.2, 0) is 0 Å². The van der Waals surface area contributed by atoms with Crippen molar-refractivity contribution in [2.24, 2.45) is 0 Å². The fourth-order valence-electron chi connectivity index (χ4n) is 2.53. The molecule has 92 valence electrons. The van der Waals surface area contributed by atoms with E-state index in [9.17, 15) is 4.79 Å². The van der Waals surface area contributed by atoms with Crippen molar-refractivity contribution in [3.05, 3.63) is 58.3 Å². The first-order valence-electron chi connectivity index (χ1n) is 6.25. The van der Waals surface area contributed by atoms with Crippen LogP contribution in [0.25, 0.3) is 0 Å². The Morgan fingerprint density at radius 1 is 1.17 bits per heavy atom. The number of amides is 1. The van der Waals surface area contributed by atoms with Gasteiger partial charge in [0.15, 0.2) is 0 Å². The lowest BCUT2D eigenvalue weighted by Gasteiger charge is -2.24. The zero-order valence-electron chi connectivity index (χ0n) is 10.1. The number of carbonyl (C=O) groups is 1. The van der Waals surface area contributed by atoms with Gasteiger partial charge in [-0.1, -0.05) is 24.3 Å². The second kappa shape index (κ2) is 4.94. The molecule has 0 saturated carbocycles. The molecule has 0 radical (unpaired) electrons. The van der Waals surface area contributed by atoms with Crippen LogP contribution in [0.2, 0.25) is 0 Å². The summed E-state index contributed by atoms with van der Waals surface area (Å²) in [4.78, 5) is 15.8. The number of nitrogens with zero attached hydrogens (tertiary/aromatic N) is 1. The van der Waals surface area contributed by atoms with E-state index >= 15 is 0 Å². The smallest absolute Gasteiger partial charge is 0.254 e. The maximum atomic E-state index is 12.5. The summed E-state index contributed by atoms with van der Waals surface area (Å²) in [7, 11) is 0. The lowest BCUT2D eigenvalue weighted by Crippen LogP contribution is -2.30. The summed E-state index contributed by atoms with van der Waals surface area (Å²) in [6.07, 6.45) is 2.18. The molecule has 1 fully saturated rings. The van der Waals surface area contributed by atoms with Crippen LogP contribution >= 0.6 is 11.3 Å². The van der Waals surface area contributed by atoms with Crippen molar-refractivity contribution in [1.82, 2.24) is 4.90 Å². The van der Waals surface area contributed by atoms with Crippen molar-refractivity contribution >= 4 is 17.2 Å². The quantitative estimate of drug-likeness (QED) is 0.803. The van der Waals surface area contributed by atoms with Crippen LogP contribution in [0.1, 0.15) is 34.1 Å². The van der Waals surface area contributed by atoms with Gasteiger partial charge < -0.3 is 4.90 Å². The third-order valence-corrected chi connectivity index (χ3v) is 4.38. The third-order valence-electron chi connectivity index (χ3n) is 3.41. The number of thiophene rings is 1. The van der Waals surface area contributed by atoms with Gasteiger partial charge in [0.1, 0.15) is 0 Å². The van der Waals surface area contributed by atoms with Gasteiger partial charge in [0.25, 0.3) is 5.91 Å². The molecule has 0 bridgehead atoms. The summed E-state index contributed by atoms with van der Waals surface area (Å²) in [6.45, 7) is 0.871. The fraction of sp³-hybridized carbons (Fsp3) is 0.267. The molecule has 0 aliphatic carbocycles. The summed E-state index contributed by atoms with van der Waals surface area (Å²) in [6, 6.07) is 14.0. The first-order valence-corrected chi connectivity index (χ1v) is 7.13. The molecular weight excluding hydrogens is 242 g/mol. The van der Waals surface area contributed by atoms with Gasteiger partial charge in [-0.25, -0.2) is 0 Å². The lowest BCUT2D eigenvalue weighted by molar-refractivity contribution is 0.0738. The largest absolute Gasteiger partial charge is 0.331 e. The van der Waals surface area contributed by atoms with Crippen molar-refractivity contribution in [2.45, 2.75) is 18.9 Å². The molecule has 1 amide bonds. The predicted octanol–water partition coefficient (Wildman–Crippen LogP) is 3.73. The molecule has 1 aliphatic rings. The summed E-state index contributed by atoms with van der Waals surface area (Å²) in [5.41, 5.74) is 0.793. The molecule has 3 heteroatoms. The number of rotatable bonds is 2. The van der Waals surface area contributed by atoms with Crippen LogP contribution < -0.4 is 0 Å². The normalized spacial score (nSPS) is 19.1. The highest BCUT2D eigenvalue weighted by Gasteiger charge is 2.30. The highest BCUT2D eigenvalue weighted by atomic mass is 32.1. The average molecular weight is 257 g/mol. The molecule has 3 rings (SSSR count). The Kier molecular flexibility index (Phi) is 3.15. The topological polar surface area (TPSA) is 20.3 Å². The number of benzene rings is 1. The van der Waals surface area contributed by atoms with Crippen molar-refractivity contribution in [2.75, 3.05) is 6.54 Å². The molecule has 1 aromatic carbocycles. The first kappa shape index (κ1) is 11.5. The molecule has 18 heavy (non-hydrogen) atoms. The van der Waals surface area contributed by atoms with Gasteiger partial charge in [0, 0.05) is 17.0 Å². The molecule has 1 aliphatic heterocycles. The van der Waals surface area contributed by atoms with Crippen LogP contribution in [0.15, 0.2) is 47.8 Å². The van der Waals surface area contributed by atoms with E-state index in [4.69, 9.17) is 0 Å². The van der Waals surface area contributed by atoms with Crippen molar-refractivity contribution < 1.29 is 4.79 Å². The molecule has 0 spiro atoms. The van der Waals surface area contributed by atoms with E-state index in [2.05, 4.69) is 17.5 Å². The van der Waals surface area contributed by atoms with Gasteiger partial charge >= 0.3 is 0 Å². The van der Waals surface area contributed by atoms with Crippen LogP contribution in [0.5, 0.6) is 0 Å². The van der Waals surface area contributed by atoms with E-state index in [1.54, 1.807) is 11.3 Å². The highest BCUT2D eigenvalue weighted by Crippen LogP contribution is 2.35. The summed E-state index contributed by atoms with van der Waals surface area (Å²) in [5.74, 6) is 0.159. The standard InChI is InChI=1S/C15H15NOS/c17-15(12-6-2-1-3-7-12)16-10-4-8-13(16)14-9-5-11-18-14/h1-3,5-7,9,11,13H,4,8,10H2/t13-/m0/s1. The van der Waals surface area contributed by atoms with Gasteiger partial charge in [-0.05, 0) is 36.4 Å². The van der Waals surface area contributed by atoms with E-state index in [1.165, 1.54) is 4.88 Å². The maximum absolute atomic E-state index is 12.5. The summed E-state index contributed by atoms with van der Waals surface area (Å²) < 4.78 is 0. The van der Waals surface area contributed by atoms with Gasteiger partial charge in [-0.3, -0.25) is 4.79 Å². The molecule has 1 aromatic heterocycles. The zero-order valence-corrected chi connectivity index (χ0v) is 10.9. The second-order valence-corrected chi connectivity index (χ2v) is 5.52. The Bertz CT molecular complexity index is 521. The Morgan fingerprint density at radius 2 is 2.00 bits per heavy atom. The molecule has 0 N–H and O–H groups in total. The predicted molar refractivity (Wildman–Crippen MR) is 73.8 cm³/mol. The molecule has 2 aromatic rings. The second-order valence-electron chi connectivity index (χ2n) is 4.54. The average Bonchev–Trinajstić information content (AvgIpc) is 3.09. The van der Waals surface area contributed by atoms with Crippen LogP contribution in [0.3, 0.4) is 0 Å². The highest BCUT2D eigenvalue weighted by molar-refractivity contribution is 7.10. The monoisotopic (exact) mass is 257 g/mol. The molecule has 1 atom stereocenters. The Balaban J connectivity index is 1.85. The van der Waals surface area contributed by atoms with E-state index in [1.807, 2.05) is 35.2 Å². The minimum atomic E-state index is 0.159. The first-order chi connectivity index (χ1) is 8.86. The number of hydrogen-bond acceptors (Lipinski definition) is 2. The fourth-order valence-corrected chi connectivity index (χ4v) is 3.41. The van der Waals surface area contributed by atoms with Crippen LogP contribution in [0.4, 0.5) is 0 Å². The van der Waals surface area contributed by atoms with E-state index in [-0.39, 0.29) is 11.9 Å². The van der Waals surface area contributed by atoms with Crippen LogP contribution in [0, 0.1) is 0 Å². The molecule has 0 unspecified atom stereocenters. The SMILES string of the molecule is O=C(c1ccccc1)N1CCC[C@H]1c1cccs1. The maximum Gasteiger partial charge on any atom is 0.254 e. The molecular formula is C15H15NOS. The van der Waals surface area contributed by atoms with Crippen molar-refractivity contribution in [3.8, 4) is 0 Å². The molecule has 2 nitrogen and oxygen atoms in total. The van der Waals surface area contributed by atoms with E-state index in [0.29, 0.717) is 0 Å². The Morgan fingerprint density at radius 3 is 2.72 bits per heavy atom. The minimum Gasteiger partial charge on any atom is -0.331 e. The number of carbonyl (C=O) groups excluding carboxylic acids is 1. The summed E-state index contributed by atoms with van der Waals surface area (Å²) >= 11 is 1.74. The molecule has 1 saturated heterocycles.